The van der Waals surface area contributed by atoms with E-state index in [2.05, 4.69) is 0 Å². The minimum absolute atomic E-state index is 0.0635. The molecule has 6 nitrogen and oxygen atoms in total. The van der Waals surface area contributed by atoms with Gasteiger partial charge >= 0.3 is 5.97 Å². The highest BCUT2D eigenvalue weighted by Crippen LogP contribution is 2.27. The number of aromatic carboxylic acids is 1. The number of nitrogens with zero attached hydrogens (tertiary/aromatic N) is 1. The summed E-state index contributed by atoms with van der Waals surface area (Å²) in [5, 5.41) is 18.3. The van der Waals surface area contributed by atoms with Crippen molar-refractivity contribution < 1.29 is 32.2 Å². The average molecular weight is 309 g/mol. The molecule has 0 radical (unpaired) electrons. The summed E-state index contributed by atoms with van der Waals surface area (Å²) in [6.07, 6.45) is -2.86. The number of hydrogen-bond acceptors (Lipinski definition) is 4. The van der Waals surface area contributed by atoms with Crippen molar-refractivity contribution in [3.8, 4) is 5.75 Å². The third-order valence-corrected chi connectivity index (χ3v) is 4.57. The van der Waals surface area contributed by atoms with Gasteiger partial charge in [-0.1, -0.05) is 0 Å². The number of sulfonamides is 1. The molecule has 0 bridgehead atoms. The van der Waals surface area contributed by atoms with Gasteiger partial charge in [0, 0.05) is 7.05 Å². The van der Waals surface area contributed by atoms with Gasteiger partial charge in [0.05, 0.1) is 11.4 Å². The standard InChI is InChI=1S/C11H13F2NO5S/c1-6-3-8(15)7(11(16)17)4-9(6)20(18,19)14(2)5-10(12)13/h3-4,10,15H,5H2,1-2H3,(H,16,17). The molecule has 0 saturated carbocycles. The first kappa shape index (κ1) is 16.3. The second kappa shape index (κ2) is 5.71. The summed E-state index contributed by atoms with van der Waals surface area (Å²) >= 11 is 0. The van der Waals surface area contributed by atoms with Gasteiger partial charge in [-0.3, -0.25) is 0 Å². The number of halogens is 2. The number of alkyl halides is 2. The summed E-state index contributed by atoms with van der Waals surface area (Å²) in [5.41, 5.74) is -0.548. The number of carboxylic acid groups (broad SMARTS) is 1. The van der Waals surface area contributed by atoms with Crippen molar-refractivity contribution in [2.45, 2.75) is 18.2 Å². The van der Waals surface area contributed by atoms with Crippen molar-refractivity contribution in [3.63, 3.8) is 0 Å². The molecule has 0 aromatic heterocycles. The fourth-order valence-corrected chi connectivity index (χ4v) is 2.96. The normalized spacial score (nSPS) is 12.1. The SMILES string of the molecule is Cc1cc(O)c(C(=O)O)cc1S(=O)(=O)N(C)CC(F)F. The van der Waals surface area contributed by atoms with Gasteiger partial charge in [-0.15, -0.1) is 0 Å². The summed E-state index contributed by atoms with van der Waals surface area (Å²) in [4.78, 5) is 10.4. The average Bonchev–Trinajstić information content (AvgIpc) is 2.26. The molecule has 0 fully saturated rings. The minimum atomic E-state index is -4.26. The third-order valence-electron chi connectivity index (χ3n) is 2.61. The summed E-state index contributed by atoms with van der Waals surface area (Å²) in [5.74, 6) is -2.11. The highest BCUT2D eigenvalue weighted by molar-refractivity contribution is 7.89. The molecule has 0 heterocycles. The summed E-state index contributed by atoms with van der Waals surface area (Å²) < 4.78 is 49.1. The third kappa shape index (κ3) is 3.23. The van der Waals surface area contributed by atoms with Crippen LogP contribution in [-0.2, 0) is 10.0 Å². The quantitative estimate of drug-likeness (QED) is 0.854. The topological polar surface area (TPSA) is 94.9 Å². The van der Waals surface area contributed by atoms with Crippen molar-refractivity contribution in [3.05, 3.63) is 23.3 Å². The van der Waals surface area contributed by atoms with Crippen molar-refractivity contribution in [1.82, 2.24) is 4.31 Å². The number of hydrogen-bond donors (Lipinski definition) is 2. The zero-order valence-corrected chi connectivity index (χ0v) is 11.5. The Balaban J connectivity index is 3.38. The van der Waals surface area contributed by atoms with Crippen LogP contribution in [0.1, 0.15) is 15.9 Å². The fraction of sp³-hybridized carbons (Fsp3) is 0.364. The van der Waals surface area contributed by atoms with Crippen LogP contribution < -0.4 is 0 Å². The van der Waals surface area contributed by atoms with E-state index < -0.39 is 45.2 Å². The van der Waals surface area contributed by atoms with E-state index in [9.17, 15) is 27.1 Å². The molecule has 0 aliphatic carbocycles. The van der Waals surface area contributed by atoms with Gasteiger partial charge in [-0.25, -0.2) is 22.0 Å². The molecule has 2 N–H and O–H groups in total. The number of carbonyl (C=O) groups is 1. The molecule has 0 aliphatic heterocycles. The molecule has 0 amide bonds. The highest BCUT2D eigenvalue weighted by atomic mass is 32.2. The summed E-state index contributed by atoms with van der Waals surface area (Å²) in [6.45, 7) is 0.319. The Morgan fingerprint density at radius 2 is 1.95 bits per heavy atom. The molecule has 20 heavy (non-hydrogen) atoms. The van der Waals surface area contributed by atoms with Gasteiger partial charge in [0.15, 0.2) is 0 Å². The fourth-order valence-electron chi connectivity index (χ4n) is 1.58. The van der Waals surface area contributed by atoms with Gasteiger partial charge in [0.1, 0.15) is 11.3 Å². The number of aromatic hydroxyl groups is 1. The van der Waals surface area contributed by atoms with E-state index in [0.717, 1.165) is 19.2 Å². The lowest BCUT2D eigenvalue weighted by Crippen LogP contribution is -2.32. The van der Waals surface area contributed by atoms with Crippen LogP contribution in [0.4, 0.5) is 8.78 Å². The maximum atomic E-state index is 12.3. The van der Waals surface area contributed by atoms with Gasteiger partial charge in [0.2, 0.25) is 10.0 Å². The molecule has 1 rings (SSSR count). The molecule has 0 spiro atoms. The van der Waals surface area contributed by atoms with E-state index in [1.807, 2.05) is 0 Å². The maximum absolute atomic E-state index is 12.3. The lowest BCUT2D eigenvalue weighted by Gasteiger charge is -2.18. The molecule has 0 aliphatic rings. The van der Waals surface area contributed by atoms with Crippen molar-refractivity contribution in [2.75, 3.05) is 13.6 Å². The van der Waals surface area contributed by atoms with Gasteiger partial charge < -0.3 is 10.2 Å². The van der Waals surface area contributed by atoms with Crippen LogP contribution in [0.25, 0.3) is 0 Å². The predicted octanol–water partition coefficient (Wildman–Crippen LogP) is 1.28. The predicted molar refractivity (Wildman–Crippen MR) is 65.6 cm³/mol. The Morgan fingerprint density at radius 1 is 1.40 bits per heavy atom. The minimum Gasteiger partial charge on any atom is -0.507 e. The van der Waals surface area contributed by atoms with Gasteiger partial charge in [0.25, 0.3) is 6.43 Å². The number of rotatable bonds is 5. The zero-order chi connectivity index (χ0) is 15.7. The second-order valence-corrected chi connectivity index (χ2v) is 6.13. The number of phenols is 1. The van der Waals surface area contributed by atoms with E-state index in [1.54, 1.807) is 0 Å². The second-order valence-electron chi connectivity index (χ2n) is 4.12. The Kier molecular flexibility index (Phi) is 4.66. The molecule has 1 aromatic carbocycles. The van der Waals surface area contributed by atoms with Crippen molar-refractivity contribution >= 4 is 16.0 Å². The Bertz CT molecular complexity index is 630. The summed E-state index contributed by atoms with van der Waals surface area (Å²) in [6, 6.07) is 1.72. The Labute approximate surface area is 114 Å². The first-order chi connectivity index (χ1) is 9.07. The smallest absolute Gasteiger partial charge is 0.339 e. The van der Waals surface area contributed by atoms with E-state index >= 15 is 0 Å². The largest absolute Gasteiger partial charge is 0.507 e. The maximum Gasteiger partial charge on any atom is 0.339 e. The Hall–Kier alpha value is -1.74. The number of benzene rings is 1. The molecule has 1 aromatic rings. The van der Waals surface area contributed by atoms with Crippen molar-refractivity contribution in [2.24, 2.45) is 0 Å². The molecule has 0 saturated heterocycles. The first-order valence-corrected chi connectivity index (χ1v) is 6.82. The van der Waals surface area contributed by atoms with E-state index in [4.69, 9.17) is 5.11 Å². The molecular weight excluding hydrogens is 296 g/mol. The number of aryl methyl sites for hydroxylation is 1. The summed E-state index contributed by atoms with van der Waals surface area (Å²) in [7, 11) is -3.29. The van der Waals surface area contributed by atoms with Crippen LogP contribution in [0.2, 0.25) is 0 Å². The lowest BCUT2D eigenvalue weighted by atomic mass is 10.1. The molecule has 9 heteroatoms. The number of carboxylic acids is 1. The van der Waals surface area contributed by atoms with Crippen LogP contribution in [0, 0.1) is 6.92 Å². The molecule has 112 valence electrons. The first-order valence-electron chi connectivity index (χ1n) is 5.38. The van der Waals surface area contributed by atoms with Crippen LogP contribution >= 0.6 is 0 Å². The van der Waals surface area contributed by atoms with E-state index in [0.29, 0.717) is 4.31 Å². The van der Waals surface area contributed by atoms with E-state index in [1.165, 1.54) is 6.92 Å². The molecule has 0 unspecified atom stereocenters. The monoisotopic (exact) mass is 309 g/mol. The van der Waals surface area contributed by atoms with Crippen LogP contribution in [0.3, 0.4) is 0 Å². The zero-order valence-electron chi connectivity index (χ0n) is 10.7. The highest BCUT2D eigenvalue weighted by Gasteiger charge is 2.27. The molecular formula is C11H13F2NO5S. The van der Waals surface area contributed by atoms with Crippen LogP contribution in [0.5, 0.6) is 5.75 Å². The van der Waals surface area contributed by atoms with Gasteiger partial charge in [-0.2, -0.15) is 4.31 Å². The molecule has 0 atom stereocenters. The Morgan fingerprint density at radius 3 is 2.40 bits per heavy atom. The lowest BCUT2D eigenvalue weighted by molar-refractivity contribution is 0.0693. The van der Waals surface area contributed by atoms with Gasteiger partial charge in [-0.05, 0) is 24.6 Å². The van der Waals surface area contributed by atoms with E-state index in [-0.39, 0.29) is 5.56 Å². The van der Waals surface area contributed by atoms with Crippen LogP contribution in [-0.4, -0.2) is 48.9 Å². The van der Waals surface area contributed by atoms with Crippen molar-refractivity contribution in [1.29, 1.82) is 0 Å². The van der Waals surface area contributed by atoms with Crippen LogP contribution in [0.15, 0.2) is 17.0 Å².